The van der Waals surface area contributed by atoms with Crippen molar-refractivity contribution in [2.45, 2.75) is 25.8 Å². The average molecular weight is 315 g/mol. The van der Waals surface area contributed by atoms with Crippen LogP contribution in [0.1, 0.15) is 18.7 Å². The summed E-state index contributed by atoms with van der Waals surface area (Å²) in [4.78, 5) is 25.1. The predicted molar refractivity (Wildman–Crippen MR) is 82.4 cm³/mol. The molecule has 2 aromatic rings. The maximum Gasteiger partial charge on any atom is 0.322 e. The van der Waals surface area contributed by atoms with Gasteiger partial charge in [-0.25, -0.2) is 4.79 Å². The Balaban J connectivity index is 1.68. The molecule has 8 nitrogen and oxygen atoms in total. The molecule has 1 aromatic heterocycles. The number of anilines is 1. The predicted octanol–water partition coefficient (Wildman–Crippen LogP) is 1.53. The zero-order valence-corrected chi connectivity index (χ0v) is 12.7. The van der Waals surface area contributed by atoms with E-state index >= 15 is 0 Å². The average Bonchev–Trinajstić information content (AvgIpc) is 3.16. The molecule has 3 rings (SSSR count). The van der Waals surface area contributed by atoms with Crippen LogP contribution >= 0.6 is 0 Å². The Hall–Kier alpha value is -2.90. The van der Waals surface area contributed by atoms with Crippen molar-refractivity contribution in [3.63, 3.8) is 0 Å². The van der Waals surface area contributed by atoms with Crippen molar-refractivity contribution in [3.8, 4) is 11.5 Å². The van der Waals surface area contributed by atoms with E-state index < -0.39 is 11.9 Å². The zero-order chi connectivity index (χ0) is 16.4. The Labute approximate surface area is 132 Å². The second-order valence-electron chi connectivity index (χ2n) is 5.39. The third kappa shape index (κ3) is 3.15. The number of hydrogen-bond donors (Lipinski definition) is 2. The van der Waals surface area contributed by atoms with Crippen LogP contribution in [0.5, 0.6) is 0 Å². The van der Waals surface area contributed by atoms with E-state index in [0.717, 1.165) is 12.0 Å². The van der Waals surface area contributed by atoms with Crippen LogP contribution in [-0.4, -0.2) is 39.6 Å². The lowest BCUT2D eigenvalue weighted by molar-refractivity contribution is -0.121. The Morgan fingerprint density at radius 2 is 2.04 bits per heavy atom. The molecule has 0 bridgehead atoms. The minimum absolute atomic E-state index is 0.326. The SMILES string of the molecule is Cc1nnc(-c2ccc(NC(=O)N3CCC[C@H]3C(N)=O)cc2)o1. The van der Waals surface area contributed by atoms with Crippen LogP contribution in [0.2, 0.25) is 0 Å². The zero-order valence-electron chi connectivity index (χ0n) is 12.7. The molecule has 0 spiro atoms. The van der Waals surface area contributed by atoms with Gasteiger partial charge in [0.15, 0.2) is 0 Å². The molecule has 0 unspecified atom stereocenters. The topological polar surface area (TPSA) is 114 Å². The molecule has 23 heavy (non-hydrogen) atoms. The van der Waals surface area contributed by atoms with E-state index in [2.05, 4.69) is 15.5 Å². The third-order valence-corrected chi connectivity index (χ3v) is 3.75. The number of hydrogen-bond acceptors (Lipinski definition) is 5. The number of benzene rings is 1. The van der Waals surface area contributed by atoms with Crippen molar-refractivity contribution in [3.05, 3.63) is 30.2 Å². The number of nitrogens with zero attached hydrogens (tertiary/aromatic N) is 3. The highest BCUT2D eigenvalue weighted by Gasteiger charge is 2.32. The molecule has 0 radical (unpaired) electrons. The summed E-state index contributed by atoms with van der Waals surface area (Å²) in [5, 5.41) is 10.5. The molecule has 120 valence electrons. The minimum Gasteiger partial charge on any atom is -0.421 e. The van der Waals surface area contributed by atoms with Crippen LogP contribution in [0.25, 0.3) is 11.5 Å². The van der Waals surface area contributed by atoms with Gasteiger partial charge in [0.05, 0.1) is 0 Å². The molecule has 1 aliphatic rings. The Morgan fingerprint density at radius 1 is 1.30 bits per heavy atom. The number of carbonyl (C=O) groups is 2. The van der Waals surface area contributed by atoms with Crippen molar-refractivity contribution < 1.29 is 14.0 Å². The summed E-state index contributed by atoms with van der Waals surface area (Å²) in [5.74, 6) is 0.442. The molecule has 0 aliphatic carbocycles. The lowest BCUT2D eigenvalue weighted by Crippen LogP contribution is -2.45. The van der Waals surface area contributed by atoms with Gasteiger partial charge in [-0.1, -0.05) is 0 Å². The number of rotatable bonds is 3. The molecule has 1 aliphatic heterocycles. The van der Waals surface area contributed by atoms with Crippen LogP contribution < -0.4 is 11.1 Å². The van der Waals surface area contributed by atoms with E-state index in [1.165, 1.54) is 4.90 Å². The smallest absolute Gasteiger partial charge is 0.322 e. The fourth-order valence-electron chi connectivity index (χ4n) is 2.61. The number of likely N-dealkylation sites (tertiary alicyclic amines) is 1. The van der Waals surface area contributed by atoms with Crippen molar-refractivity contribution in [1.82, 2.24) is 15.1 Å². The van der Waals surface area contributed by atoms with Gasteiger partial charge in [0, 0.05) is 24.7 Å². The number of nitrogens with two attached hydrogens (primary N) is 1. The second-order valence-corrected chi connectivity index (χ2v) is 5.39. The fourth-order valence-corrected chi connectivity index (χ4v) is 2.61. The number of primary amides is 1. The van der Waals surface area contributed by atoms with E-state index in [1.807, 2.05) is 0 Å². The number of urea groups is 1. The van der Waals surface area contributed by atoms with Gasteiger partial charge < -0.3 is 20.4 Å². The molecule has 1 aromatic carbocycles. The van der Waals surface area contributed by atoms with Crippen molar-refractivity contribution >= 4 is 17.6 Å². The molecular weight excluding hydrogens is 298 g/mol. The maximum atomic E-state index is 12.3. The van der Waals surface area contributed by atoms with E-state index in [0.29, 0.717) is 30.4 Å². The maximum absolute atomic E-state index is 12.3. The molecule has 0 saturated carbocycles. The standard InChI is InChI=1S/C15H17N5O3/c1-9-18-19-14(23-9)10-4-6-11(7-5-10)17-15(22)20-8-2-3-12(20)13(16)21/h4-7,12H,2-3,8H2,1H3,(H2,16,21)(H,17,22)/t12-/m0/s1. The monoisotopic (exact) mass is 315 g/mol. The van der Waals surface area contributed by atoms with Gasteiger partial charge >= 0.3 is 6.03 Å². The van der Waals surface area contributed by atoms with Crippen molar-refractivity contribution in [2.75, 3.05) is 11.9 Å². The highest BCUT2D eigenvalue weighted by molar-refractivity contribution is 5.93. The number of amides is 3. The molecule has 1 atom stereocenters. The first-order chi connectivity index (χ1) is 11.0. The van der Waals surface area contributed by atoms with Gasteiger partial charge in [0.25, 0.3) is 0 Å². The normalized spacial score (nSPS) is 17.3. The summed E-state index contributed by atoms with van der Waals surface area (Å²) in [6.07, 6.45) is 1.38. The lowest BCUT2D eigenvalue weighted by atomic mass is 10.2. The number of nitrogens with one attached hydrogen (secondary N) is 1. The van der Waals surface area contributed by atoms with Gasteiger partial charge in [-0.05, 0) is 37.1 Å². The largest absolute Gasteiger partial charge is 0.421 e. The van der Waals surface area contributed by atoms with Crippen LogP contribution in [0.15, 0.2) is 28.7 Å². The second kappa shape index (κ2) is 6.07. The Kier molecular flexibility index (Phi) is 3.96. The molecule has 3 amide bonds. The summed E-state index contributed by atoms with van der Waals surface area (Å²) in [6, 6.07) is 6.17. The summed E-state index contributed by atoms with van der Waals surface area (Å²) >= 11 is 0. The highest BCUT2D eigenvalue weighted by Crippen LogP contribution is 2.22. The van der Waals surface area contributed by atoms with Crippen LogP contribution in [0.3, 0.4) is 0 Å². The summed E-state index contributed by atoms with van der Waals surface area (Å²) in [5.41, 5.74) is 6.70. The van der Waals surface area contributed by atoms with Crippen molar-refractivity contribution in [1.29, 1.82) is 0 Å². The van der Waals surface area contributed by atoms with Crippen LogP contribution in [0, 0.1) is 6.92 Å². The van der Waals surface area contributed by atoms with Gasteiger partial charge in [0.2, 0.25) is 17.7 Å². The summed E-state index contributed by atoms with van der Waals surface area (Å²) in [6.45, 7) is 2.25. The van der Waals surface area contributed by atoms with Gasteiger partial charge in [-0.2, -0.15) is 0 Å². The third-order valence-electron chi connectivity index (χ3n) is 3.75. The molecule has 1 fully saturated rings. The summed E-state index contributed by atoms with van der Waals surface area (Å²) in [7, 11) is 0. The van der Waals surface area contributed by atoms with E-state index in [-0.39, 0.29) is 6.03 Å². The van der Waals surface area contributed by atoms with E-state index in [4.69, 9.17) is 10.2 Å². The highest BCUT2D eigenvalue weighted by atomic mass is 16.4. The molecule has 2 heterocycles. The van der Waals surface area contributed by atoms with Gasteiger partial charge in [-0.3, -0.25) is 4.79 Å². The first-order valence-electron chi connectivity index (χ1n) is 7.32. The molecular formula is C15H17N5O3. The Bertz CT molecular complexity index is 725. The first kappa shape index (κ1) is 15.0. The van der Waals surface area contributed by atoms with Crippen molar-refractivity contribution in [2.24, 2.45) is 5.73 Å². The molecule has 1 saturated heterocycles. The van der Waals surface area contributed by atoms with Gasteiger partial charge in [0.1, 0.15) is 6.04 Å². The quantitative estimate of drug-likeness (QED) is 0.891. The molecule has 8 heteroatoms. The Morgan fingerprint density at radius 3 is 2.65 bits per heavy atom. The number of carbonyl (C=O) groups excluding carboxylic acids is 2. The first-order valence-corrected chi connectivity index (χ1v) is 7.32. The van der Waals surface area contributed by atoms with E-state index in [1.54, 1.807) is 31.2 Å². The van der Waals surface area contributed by atoms with Crippen LogP contribution in [0.4, 0.5) is 10.5 Å². The summed E-state index contributed by atoms with van der Waals surface area (Å²) < 4.78 is 5.34. The van der Waals surface area contributed by atoms with E-state index in [9.17, 15) is 9.59 Å². The fraction of sp³-hybridized carbons (Fsp3) is 0.333. The minimum atomic E-state index is -0.532. The van der Waals surface area contributed by atoms with Crippen LogP contribution in [-0.2, 0) is 4.79 Å². The lowest BCUT2D eigenvalue weighted by Gasteiger charge is -2.22. The van der Waals surface area contributed by atoms with Gasteiger partial charge in [-0.15, -0.1) is 10.2 Å². The number of aryl methyl sites for hydroxylation is 1. The molecule has 3 N–H and O–H groups in total. The number of aromatic nitrogens is 2.